The molecular formula is C32H41N5O5. The van der Waals surface area contributed by atoms with E-state index in [4.69, 9.17) is 4.74 Å². The Labute approximate surface area is 247 Å². The zero-order valence-corrected chi connectivity index (χ0v) is 24.5. The van der Waals surface area contributed by atoms with Crippen LogP contribution >= 0.6 is 0 Å². The number of ether oxygens (including phenoxy) is 1. The molecule has 0 bridgehead atoms. The van der Waals surface area contributed by atoms with E-state index in [-0.39, 0.29) is 61.3 Å². The molecule has 3 heterocycles. The summed E-state index contributed by atoms with van der Waals surface area (Å²) in [5.74, 6) is 0.0306. The first-order valence-electron chi connectivity index (χ1n) is 14.9. The fourth-order valence-corrected chi connectivity index (χ4v) is 6.26. The third kappa shape index (κ3) is 7.10. The van der Waals surface area contributed by atoms with E-state index in [1.54, 1.807) is 14.7 Å². The quantitative estimate of drug-likeness (QED) is 0.543. The van der Waals surface area contributed by atoms with Crippen molar-refractivity contribution in [3.8, 4) is 5.75 Å². The molecule has 0 radical (unpaired) electrons. The second kappa shape index (κ2) is 13.4. The third-order valence-electron chi connectivity index (χ3n) is 8.40. The van der Waals surface area contributed by atoms with Gasteiger partial charge in [-0.25, -0.2) is 0 Å². The van der Waals surface area contributed by atoms with Gasteiger partial charge in [0, 0.05) is 44.3 Å². The van der Waals surface area contributed by atoms with Crippen LogP contribution in [0.2, 0.25) is 0 Å². The van der Waals surface area contributed by atoms with Gasteiger partial charge in [-0.05, 0) is 42.5 Å². The molecule has 0 saturated carbocycles. The molecule has 5 rings (SSSR count). The maximum atomic E-state index is 13.8. The number of carbonyl (C=O) groups is 4. The van der Waals surface area contributed by atoms with Crippen molar-refractivity contribution in [2.45, 2.75) is 70.2 Å². The fraction of sp³-hybridized carbons (Fsp3) is 0.500. The monoisotopic (exact) mass is 575 g/mol. The molecule has 0 aromatic heterocycles. The highest BCUT2D eigenvalue weighted by atomic mass is 16.5. The van der Waals surface area contributed by atoms with Gasteiger partial charge in [-0.1, -0.05) is 56.3 Å². The number of nitrogens with one attached hydrogen (secondary N) is 2. The molecule has 2 aromatic rings. The van der Waals surface area contributed by atoms with Crippen LogP contribution in [0.25, 0.3) is 0 Å². The number of hydrogen-bond acceptors (Lipinski definition) is 6. The average molecular weight is 576 g/mol. The highest BCUT2D eigenvalue weighted by Gasteiger charge is 2.41. The van der Waals surface area contributed by atoms with Gasteiger partial charge in [0.25, 0.3) is 5.91 Å². The molecule has 2 atom stereocenters. The smallest absolute Gasteiger partial charge is 0.260 e. The van der Waals surface area contributed by atoms with Gasteiger partial charge < -0.3 is 30.1 Å². The number of rotatable bonds is 6. The Morgan fingerprint density at radius 3 is 2.36 bits per heavy atom. The van der Waals surface area contributed by atoms with Crippen LogP contribution in [0.4, 0.5) is 0 Å². The van der Waals surface area contributed by atoms with Crippen LogP contribution in [0, 0.1) is 0 Å². The maximum absolute atomic E-state index is 13.8. The number of amides is 4. The van der Waals surface area contributed by atoms with E-state index in [1.165, 1.54) is 0 Å². The Hall–Kier alpha value is -3.92. The lowest BCUT2D eigenvalue weighted by Crippen LogP contribution is -2.55. The highest BCUT2D eigenvalue weighted by Crippen LogP contribution is 2.24. The number of piperidine rings is 1. The van der Waals surface area contributed by atoms with Crippen molar-refractivity contribution in [1.29, 1.82) is 0 Å². The maximum Gasteiger partial charge on any atom is 0.260 e. The molecule has 0 unspecified atom stereocenters. The zero-order valence-electron chi connectivity index (χ0n) is 24.5. The summed E-state index contributed by atoms with van der Waals surface area (Å²) >= 11 is 0. The number of carbonyl (C=O) groups excluding carboxylic acids is 4. The fourth-order valence-electron chi connectivity index (χ4n) is 6.26. The summed E-state index contributed by atoms with van der Waals surface area (Å²) in [6.45, 7) is 5.63. The first-order chi connectivity index (χ1) is 20.3. The lowest BCUT2D eigenvalue weighted by Gasteiger charge is -2.39. The predicted octanol–water partition coefficient (Wildman–Crippen LogP) is 1.73. The molecule has 0 aliphatic carbocycles. The third-order valence-corrected chi connectivity index (χ3v) is 8.40. The van der Waals surface area contributed by atoms with Gasteiger partial charge in [0.15, 0.2) is 6.61 Å². The molecule has 3 aliphatic heterocycles. The molecule has 2 fully saturated rings. The minimum absolute atomic E-state index is 0.00128. The number of nitrogens with zero attached hydrogens (tertiary/aromatic N) is 3. The minimum Gasteiger partial charge on any atom is -0.484 e. The topological polar surface area (TPSA) is 111 Å². The summed E-state index contributed by atoms with van der Waals surface area (Å²) in [5.41, 5.74) is 1.74. The Bertz CT molecular complexity index is 1280. The van der Waals surface area contributed by atoms with Crippen molar-refractivity contribution in [3.63, 3.8) is 0 Å². The average Bonchev–Trinajstić information content (AvgIpc) is 3.41. The minimum atomic E-state index is -0.596. The summed E-state index contributed by atoms with van der Waals surface area (Å²) in [5, 5.41) is 6.48. The van der Waals surface area contributed by atoms with E-state index >= 15 is 0 Å². The van der Waals surface area contributed by atoms with Crippen LogP contribution in [0.3, 0.4) is 0 Å². The van der Waals surface area contributed by atoms with E-state index in [0.717, 1.165) is 11.1 Å². The van der Waals surface area contributed by atoms with Gasteiger partial charge in [-0.15, -0.1) is 0 Å². The van der Waals surface area contributed by atoms with Crippen molar-refractivity contribution in [1.82, 2.24) is 25.3 Å². The van der Waals surface area contributed by atoms with Crippen LogP contribution in [0.1, 0.15) is 44.2 Å². The molecule has 2 N–H and O–H groups in total. The van der Waals surface area contributed by atoms with Gasteiger partial charge in [-0.3, -0.25) is 19.2 Å². The Morgan fingerprint density at radius 2 is 1.64 bits per heavy atom. The number of benzene rings is 2. The Morgan fingerprint density at radius 1 is 0.952 bits per heavy atom. The van der Waals surface area contributed by atoms with E-state index < -0.39 is 6.04 Å². The molecular weight excluding hydrogens is 534 g/mol. The van der Waals surface area contributed by atoms with E-state index in [1.807, 2.05) is 68.4 Å². The normalized spacial score (nSPS) is 22.3. The van der Waals surface area contributed by atoms with Gasteiger partial charge >= 0.3 is 0 Å². The summed E-state index contributed by atoms with van der Waals surface area (Å²) in [6.07, 6.45) is 1.81. The lowest BCUT2D eigenvalue weighted by atomic mass is 9.99. The van der Waals surface area contributed by atoms with Crippen molar-refractivity contribution in [2.75, 3.05) is 32.8 Å². The Kier molecular flexibility index (Phi) is 9.41. The number of fused-ring (bicyclic) bond motifs is 2. The molecule has 3 aliphatic rings. The van der Waals surface area contributed by atoms with E-state index in [0.29, 0.717) is 51.2 Å². The van der Waals surface area contributed by atoms with Crippen LogP contribution in [-0.4, -0.2) is 95.3 Å². The van der Waals surface area contributed by atoms with Crippen LogP contribution in [0.5, 0.6) is 5.75 Å². The first-order valence-corrected chi connectivity index (χ1v) is 14.9. The number of para-hydroxylation sites is 1. The second-order valence-electron chi connectivity index (χ2n) is 11.7. The van der Waals surface area contributed by atoms with E-state index in [9.17, 15) is 19.2 Å². The molecule has 10 nitrogen and oxygen atoms in total. The van der Waals surface area contributed by atoms with Crippen molar-refractivity contribution in [3.05, 3.63) is 65.7 Å². The number of hydrogen-bond donors (Lipinski definition) is 2. The lowest BCUT2D eigenvalue weighted by molar-refractivity contribution is -0.146. The van der Waals surface area contributed by atoms with Crippen LogP contribution in [-0.2, 0) is 32.1 Å². The predicted molar refractivity (Wildman–Crippen MR) is 157 cm³/mol. The summed E-state index contributed by atoms with van der Waals surface area (Å²) in [7, 11) is 0. The van der Waals surface area contributed by atoms with E-state index in [2.05, 4.69) is 10.6 Å². The van der Waals surface area contributed by atoms with Gasteiger partial charge in [0.1, 0.15) is 18.3 Å². The van der Waals surface area contributed by atoms with Crippen molar-refractivity contribution >= 4 is 23.6 Å². The first kappa shape index (κ1) is 29.6. The summed E-state index contributed by atoms with van der Waals surface area (Å²) < 4.78 is 5.64. The zero-order chi connectivity index (χ0) is 29.6. The number of likely N-dealkylation sites (tertiary alicyclic amines) is 1. The summed E-state index contributed by atoms with van der Waals surface area (Å²) in [4.78, 5) is 58.9. The largest absolute Gasteiger partial charge is 0.484 e. The molecule has 0 spiro atoms. The van der Waals surface area contributed by atoms with Crippen LogP contribution in [0.15, 0.2) is 54.6 Å². The SMILES string of the molecule is CC(C)N[C@H]1C[C@H]2C(=O)NCc3ccccc3CC(=O)N(C3CCN(C(=O)COc4ccccc4)CC3)CC(=O)N2C1. The van der Waals surface area contributed by atoms with Gasteiger partial charge in [0.05, 0.1) is 6.42 Å². The van der Waals surface area contributed by atoms with Crippen molar-refractivity contribution < 1.29 is 23.9 Å². The highest BCUT2D eigenvalue weighted by molar-refractivity contribution is 5.91. The molecule has 4 amide bonds. The second-order valence-corrected chi connectivity index (χ2v) is 11.7. The van der Waals surface area contributed by atoms with Gasteiger partial charge in [-0.2, -0.15) is 0 Å². The van der Waals surface area contributed by atoms with Crippen LogP contribution < -0.4 is 15.4 Å². The molecule has 2 saturated heterocycles. The van der Waals surface area contributed by atoms with Gasteiger partial charge in [0.2, 0.25) is 17.7 Å². The summed E-state index contributed by atoms with van der Waals surface area (Å²) in [6, 6.07) is 16.3. The van der Waals surface area contributed by atoms with Crippen molar-refractivity contribution in [2.24, 2.45) is 0 Å². The molecule has 10 heteroatoms. The molecule has 42 heavy (non-hydrogen) atoms. The molecule has 224 valence electrons. The molecule has 2 aromatic carbocycles. The Balaban J connectivity index is 1.31. The standard InChI is InChI=1S/C32H41N5O5/c1-22(2)34-25-17-28-32(41)33-18-24-9-7-6-8-23(24)16-29(38)36(20-30(39)37(28)19-25)26-12-14-35(15-13-26)31(40)21-42-27-10-4-3-5-11-27/h3-11,22,25-26,28,34H,12-21H2,1-2H3,(H,33,41)/t25-,28-/m0/s1.